The Balaban J connectivity index is 1.58. The van der Waals surface area contributed by atoms with Gasteiger partial charge in [-0.2, -0.15) is 5.26 Å². The molecule has 0 saturated carbocycles. The summed E-state index contributed by atoms with van der Waals surface area (Å²) in [5.74, 6) is 0.0888. The van der Waals surface area contributed by atoms with Crippen LogP contribution >= 0.6 is 0 Å². The third-order valence-corrected chi connectivity index (χ3v) is 7.37. The van der Waals surface area contributed by atoms with Crippen LogP contribution in [0, 0.1) is 17.1 Å². The fourth-order valence-electron chi connectivity index (χ4n) is 3.71. The molecule has 0 radical (unpaired) electrons. The van der Waals surface area contributed by atoms with Gasteiger partial charge < -0.3 is 10.1 Å². The summed E-state index contributed by atoms with van der Waals surface area (Å²) < 4.78 is 44.0. The van der Waals surface area contributed by atoms with E-state index in [1.54, 1.807) is 73.7 Å². The lowest BCUT2D eigenvalue weighted by Crippen LogP contribution is -2.14. The maximum absolute atomic E-state index is 13.9. The van der Waals surface area contributed by atoms with Crippen molar-refractivity contribution >= 4 is 21.4 Å². The lowest BCUT2D eigenvalue weighted by atomic mass is 10.0. The number of amides is 1. The summed E-state index contributed by atoms with van der Waals surface area (Å²) in [6.07, 6.45) is 0.0402. The van der Waals surface area contributed by atoms with E-state index < -0.39 is 15.7 Å². The van der Waals surface area contributed by atoms with E-state index >= 15 is 0 Å². The number of hydrogen-bond donors (Lipinski definition) is 1. The highest BCUT2D eigenvalue weighted by molar-refractivity contribution is 7.91. The van der Waals surface area contributed by atoms with E-state index in [1.165, 1.54) is 24.3 Å². The van der Waals surface area contributed by atoms with Crippen LogP contribution in [-0.2, 0) is 21.1 Å². The first kappa shape index (κ1) is 25.6. The van der Waals surface area contributed by atoms with Crippen LogP contribution in [0.2, 0.25) is 0 Å². The van der Waals surface area contributed by atoms with E-state index in [4.69, 9.17) is 4.74 Å². The minimum Gasteiger partial charge on any atom is -0.457 e. The molecule has 0 unspecified atom stereocenters. The van der Waals surface area contributed by atoms with E-state index in [-0.39, 0.29) is 23.0 Å². The largest absolute Gasteiger partial charge is 0.457 e. The second-order valence-electron chi connectivity index (χ2n) is 8.24. The van der Waals surface area contributed by atoms with Crippen LogP contribution in [0.15, 0.2) is 95.9 Å². The SMILES string of the molecule is CCS(=O)(=O)c1ccc(CC(=O)Nc2ccc(-c3cccc(F)c3)c(Oc3cccc(C#N)c3)c2)cc1. The molecule has 4 aromatic rings. The molecule has 4 aromatic carbocycles. The number of anilines is 1. The van der Waals surface area contributed by atoms with Crippen molar-refractivity contribution in [3.8, 4) is 28.7 Å². The van der Waals surface area contributed by atoms with Crippen LogP contribution in [0.1, 0.15) is 18.1 Å². The monoisotopic (exact) mass is 514 g/mol. The molecular formula is C29H23FN2O4S. The van der Waals surface area contributed by atoms with Crippen LogP contribution in [0.3, 0.4) is 0 Å². The highest BCUT2D eigenvalue weighted by Crippen LogP contribution is 2.36. The first-order chi connectivity index (χ1) is 17.8. The number of halogens is 1. The molecule has 0 aromatic heterocycles. The van der Waals surface area contributed by atoms with Gasteiger partial charge in [0, 0.05) is 17.3 Å². The molecule has 0 saturated heterocycles. The fourth-order valence-corrected chi connectivity index (χ4v) is 4.59. The number of nitrogens with zero attached hydrogens (tertiary/aromatic N) is 1. The molecule has 0 heterocycles. The van der Waals surface area contributed by atoms with E-state index in [9.17, 15) is 22.9 Å². The van der Waals surface area contributed by atoms with Crippen molar-refractivity contribution < 1.29 is 22.3 Å². The van der Waals surface area contributed by atoms with E-state index in [1.807, 2.05) is 0 Å². The van der Waals surface area contributed by atoms with Crippen LogP contribution in [-0.4, -0.2) is 20.1 Å². The summed E-state index contributed by atoms with van der Waals surface area (Å²) in [5.41, 5.74) is 2.74. The Kier molecular flexibility index (Phi) is 7.66. The van der Waals surface area contributed by atoms with Crippen molar-refractivity contribution in [2.75, 3.05) is 11.1 Å². The number of nitrogens with one attached hydrogen (secondary N) is 1. The fraction of sp³-hybridized carbons (Fsp3) is 0.103. The van der Waals surface area contributed by atoms with Gasteiger partial charge in [-0.1, -0.05) is 37.3 Å². The summed E-state index contributed by atoms with van der Waals surface area (Å²) >= 11 is 0. The molecule has 0 aliphatic carbocycles. The van der Waals surface area contributed by atoms with Gasteiger partial charge in [-0.05, 0) is 65.7 Å². The molecule has 8 heteroatoms. The first-order valence-electron chi connectivity index (χ1n) is 11.5. The molecule has 1 amide bonds. The minimum absolute atomic E-state index is 0.00363. The second kappa shape index (κ2) is 11.1. The number of sulfone groups is 1. The van der Waals surface area contributed by atoms with Crippen molar-refractivity contribution in [1.82, 2.24) is 0 Å². The maximum atomic E-state index is 13.9. The van der Waals surface area contributed by atoms with Gasteiger partial charge in [0.05, 0.1) is 28.7 Å². The standard InChI is InChI=1S/C29H23FN2O4S/c1-2-37(34,35)26-12-9-20(10-13-26)16-29(33)32-24-11-14-27(22-6-4-7-23(30)17-22)28(18-24)36-25-8-3-5-21(15-25)19-31/h3-15,17-18H,2,16H2,1H3,(H,32,33). The van der Waals surface area contributed by atoms with Gasteiger partial charge in [-0.25, -0.2) is 12.8 Å². The Hall–Kier alpha value is -4.48. The summed E-state index contributed by atoms with van der Waals surface area (Å²) in [5, 5.41) is 12.0. The zero-order chi connectivity index (χ0) is 26.4. The Bertz CT molecular complexity index is 1590. The highest BCUT2D eigenvalue weighted by atomic mass is 32.2. The minimum atomic E-state index is -3.31. The van der Waals surface area contributed by atoms with Crippen molar-refractivity contribution in [2.45, 2.75) is 18.2 Å². The third-order valence-electron chi connectivity index (χ3n) is 5.62. The molecule has 1 N–H and O–H groups in total. The smallest absolute Gasteiger partial charge is 0.228 e. The van der Waals surface area contributed by atoms with Crippen LogP contribution in [0.4, 0.5) is 10.1 Å². The quantitative estimate of drug-likeness (QED) is 0.305. The van der Waals surface area contributed by atoms with Crippen molar-refractivity contribution in [1.29, 1.82) is 5.26 Å². The van der Waals surface area contributed by atoms with Crippen molar-refractivity contribution in [3.63, 3.8) is 0 Å². The van der Waals surface area contributed by atoms with Crippen LogP contribution < -0.4 is 10.1 Å². The van der Waals surface area contributed by atoms with Crippen molar-refractivity contribution in [3.05, 3.63) is 108 Å². The molecule has 4 rings (SSSR count). The molecule has 0 aliphatic heterocycles. The topological polar surface area (TPSA) is 96.3 Å². The van der Waals surface area contributed by atoms with Gasteiger partial charge in [0.2, 0.25) is 5.91 Å². The second-order valence-corrected chi connectivity index (χ2v) is 10.5. The average molecular weight is 515 g/mol. The zero-order valence-corrected chi connectivity index (χ0v) is 20.8. The number of carbonyl (C=O) groups excluding carboxylic acids is 1. The van der Waals surface area contributed by atoms with Gasteiger partial charge >= 0.3 is 0 Å². The molecule has 6 nitrogen and oxygen atoms in total. The van der Waals surface area contributed by atoms with Crippen LogP contribution in [0.5, 0.6) is 11.5 Å². The molecule has 186 valence electrons. The Morgan fingerprint density at radius 1 is 0.973 bits per heavy atom. The summed E-state index contributed by atoms with van der Waals surface area (Å²) in [6, 6.07) is 26.0. The number of hydrogen-bond acceptors (Lipinski definition) is 5. The number of ether oxygens (including phenoxy) is 1. The highest BCUT2D eigenvalue weighted by Gasteiger charge is 2.14. The maximum Gasteiger partial charge on any atom is 0.228 e. The normalized spacial score (nSPS) is 10.9. The van der Waals surface area contributed by atoms with E-state index in [0.717, 1.165) is 0 Å². The molecule has 0 bridgehead atoms. The molecule has 0 fully saturated rings. The summed E-state index contributed by atoms with van der Waals surface area (Å²) in [4.78, 5) is 12.9. The molecular weight excluding hydrogens is 491 g/mol. The third kappa shape index (κ3) is 6.40. The number of rotatable bonds is 8. The number of carbonyl (C=O) groups is 1. The Labute approximate surface area is 214 Å². The van der Waals surface area contributed by atoms with Gasteiger partial charge in [0.15, 0.2) is 9.84 Å². The van der Waals surface area contributed by atoms with E-state index in [0.29, 0.717) is 39.4 Å². The Morgan fingerprint density at radius 3 is 2.43 bits per heavy atom. The Morgan fingerprint density at radius 2 is 1.73 bits per heavy atom. The molecule has 0 spiro atoms. The van der Waals surface area contributed by atoms with Gasteiger partial charge in [-0.15, -0.1) is 0 Å². The summed E-state index contributed by atoms with van der Waals surface area (Å²) in [6.45, 7) is 1.58. The summed E-state index contributed by atoms with van der Waals surface area (Å²) in [7, 11) is -3.31. The predicted octanol–water partition coefficient (Wildman–Crippen LogP) is 6.13. The molecule has 0 aliphatic rings. The number of nitriles is 1. The lowest BCUT2D eigenvalue weighted by molar-refractivity contribution is -0.115. The zero-order valence-electron chi connectivity index (χ0n) is 19.9. The average Bonchev–Trinajstić information content (AvgIpc) is 2.89. The van der Waals surface area contributed by atoms with Crippen molar-refractivity contribution in [2.24, 2.45) is 0 Å². The lowest BCUT2D eigenvalue weighted by Gasteiger charge is -2.14. The number of benzene rings is 4. The molecule has 0 atom stereocenters. The molecule has 37 heavy (non-hydrogen) atoms. The predicted molar refractivity (Wildman–Crippen MR) is 140 cm³/mol. The van der Waals surface area contributed by atoms with E-state index in [2.05, 4.69) is 11.4 Å². The van der Waals surface area contributed by atoms with Gasteiger partial charge in [0.25, 0.3) is 0 Å². The van der Waals surface area contributed by atoms with Crippen LogP contribution in [0.25, 0.3) is 11.1 Å². The van der Waals surface area contributed by atoms with Gasteiger partial charge in [-0.3, -0.25) is 4.79 Å². The first-order valence-corrected chi connectivity index (χ1v) is 13.1. The van der Waals surface area contributed by atoms with Gasteiger partial charge in [0.1, 0.15) is 17.3 Å².